The van der Waals surface area contributed by atoms with Gasteiger partial charge in [-0.05, 0) is 36.9 Å². The molecule has 1 aromatic heterocycles. The normalized spacial score (nSPS) is 10.9. The van der Waals surface area contributed by atoms with Gasteiger partial charge in [0.05, 0.1) is 12.3 Å². The Morgan fingerprint density at radius 2 is 1.95 bits per heavy atom. The molecule has 1 heterocycles. The molecule has 0 amide bonds. The van der Waals surface area contributed by atoms with E-state index in [2.05, 4.69) is 5.32 Å². The van der Waals surface area contributed by atoms with Crippen LogP contribution >= 0.6 is 11.8 Å². The Bertz CT molecular complexity index is 542. The Hall–Kier alpha value is -1.33. The van der Waals surface area contributed by atoms with E-state index in [1.807, 2.05) is 19.1 Å². The molecule has 0 saturated carbocycles. The van der Waals surface area contributed by atoms with Gasteiger partial charge in [0, 0.05) is 4.90 Å². The van der Waals surface area contributed by atoms with Crippen LogP contribution in [0.1, 0.15) is 18.4 Å². The molecule has 0 aliphatic rings. The summed E-state index contributed by atoms with van der Waals surface area (Å²) in [7, 11) is 0. The molecular formula is C14H15F2NOS. The van der Waals surface area contributed by atoms with Gasteiger partial charge in [-0.2, -0.15) is 0 Å². The predicted octanol–water partition coefficient (Wildman–Crippen LogP) is 3.96. The molecule has 19 heavy (non-hydrogen) atoms. The van der Waals surface area contributed by atoms with Crippen LogP contribution in [0.5, 0.6) is 0 Å². The second-order valence-corrected chi connectivity index (χ2v) is 5.03. The van der Waals surface area contributed by atoms with Gasteiger partial charge in [-0.25, -0.2) is 8.78 Å². The van der Waals surface area contributed by atoms with Gasteiger partial charge >= 0.3 is 0 Å². The molecule has 0 aliphatic carbocycles. The Morgan fingerprint density at radius 3 is 2.74 bits per heavy atom. The highest BCUT2D eigenvalue weighted by Gasteiger charge is 2.07. The molecule has 5 heteroatoms. The lowest BCUT2D eigenvalue weighted by Crippen LogP contribution is -2.10. The van der Waals surface area contributed by atoms with Crippen LogP contribution < -0.4 is 5.32 Å². The van der Waals surface area contributed by atoms with E-state index in [1.54, 1.807) is 0 Å². The van der Waals surface area contributed by atoms with E-state index in [0.717, 1.165) is 30.2 Å². The number of nitrogens with one attached hydrogen (secondary N) is 1. The molecule has 0 aliphatic heterocycles. The van der Waals surface area contributed by atoms with Crippen LogP contribution in [0.4, 0.5) is 8.78 Å². The summed E-state index contributed by atoms with van der Waals surface area (Å²) in [6, 6.07) is 7.19. The molecule has 0 unspecified atom stereocenters. The van der Waals surface area contributed by atoms with Crippen molar-refractivity contribution in [3.8, 4) is 0 Å². The Kier molecular flexibility index (Phi) is 4.99. The Labute approximate surface area is 115 Å². The fourth-order valence-electron chi connectivity index (χ4n) is 1.58. The number of thioether (sulfide) groups is 1. The van der Waals surface area contributed by atoms with Gasteiger partial charge < -0.3 is 9.73 Å². The van der Waals surface area contributed by atoms with Crippen LogP contribution in [0.25, 0.3) is 0 Å². The maximum atomic E-state index is 13.4. The van der Waals surface area contributed by atoms with Gasteiger partial charge in [0.25, 0.3) is 0 Å². The second kappa shape index (κ2) is 6.73. The molecular weight excluding hydrogens is 268 g/mol. The van der Waals surface area contributed by atoms with Crippen molar-refractivity contribution in [2.45, 2.75) is 24.1 Å². The third kappa shape index (κ3) is 4.08. The maximum absolute atomic E-state index is 13.4. The van der Waals surface area contributed by atoms with E-state index >= 15 is 0 Å². The Morgan fingerprint density at radius 1 is 1.16 bits per heavy atom. The van der Waals surface area contributed by atoms with E-state index in [0.29, 0.717) is 17.2 Å². The van der Waals surface area contributed by atoms with Crippen LogP contribution in [0.2, 0.25) is 0 Å². The van der Waals surface area contributed by atoms with Crippen LogP contribution in [0.15, 0.2) is 39.6 Å². The zero-order chi connectivity index (χ0) is 13.7. The summed E-state index contributed by atoms with van der Waals surface area (Å²) in [4.78, 5) is 0.296. The van der Waals surface area contributed by atoms with Crippen molar-refractivity contribution in [3.05, 3.63) is 53.5 Å². The van der Waals surface area contributed by atoms with E-state index in [1.165, 1.54) is 17.8 Å². The summed E-state index contributed by atoms with van der Waals surface area (Å²) in [5.74, 6) is 1.23. The van der Waals surface area contributed by atoms with E-state index in [-0.39, 0.29) is 0 Å². The number of hydrogen-bond acceptors (Lipinski definition) is 3. The summed E-state index contributed by atoms with van der Waals surface area (Å²) >= 11 is 1.22. The van der Waals surface area contributed by atoms with E-state index in [9.17, 15) is 8.78 Å². The molecule has 0 atom stereocenters. The third-order valence-electron chi connectivity index (χ3n) is 2.53. The van der Waals surface area contributed by atoms with Crippen LogP contribution in [-0.2, 0) is 12.3 Å². The molecule has 0 fully saturated rings. The molecule has 0 bridgehead atoms. The summed E-state index contributed by atoms with van der Waals surface area (Å²) in [5.41, 5.74) is 0. The van der Waals surface area contributed by atoms with Crippen molar-refractivity contribution in [2.75, 3.05) is 6.54 Å². The zero-order valence-corrected chi connectivity index (χ0v) is 11.4. The van der Waals surface area contributed by atoms with Crippen molar-refractivity contribution >= 4 is 11.8 Å². The minimum Gasteiger partial charge on any atom is -0.464 e. The van der Waals surface area contributed by atoms with Crippen LogP contribution in [-0.4, -0.2) is 6.54 Å². The molecule has 2 rings (SSSR count). The lowest BCUT2D eigenvalue weighted by Gasteiger charge is -2.02. The minimum atomic E-state index is -0.434. The highest BCUT2D eigenvalue weighted by molar-refractivity contribution is 7.98. The smallest absolute Gasteiger partial charge is 0.136 e. The number of halogens is 2. The first-order valence-corrected chi connectivity index (χ1v) is 7.03. The van der Waals surface area contributed by atoms with Crippen LogP contribution in [0, 0.1) is 11.6 Å². The molecule has 2 nitrogen and oxygen atoms in total. The second-order valence-electron chi connectivity index (χ2n) is 4.01. The molecule has 1 aromatic carbocycles. The number of benzene rings is 1. The lowest BCUT2D eigenvalue weighted by molar-refractivity contribution is 0.462. The molecule has 1 N–H and O–H groups in total. The maximum Gasteiger partial charge on any atom is 0.136 e. The van der Waals surface area contributed by atoms with Crippen molar-refractivity contribution in [1.82, 2.24) is 5.32 Å². The predicted molar refractivity (Wildman–Crippen MR) is 72.0 cm³/mol. The number of rotatable bonds is 6. The summed E-state index contributed by atoms with van der Waals surface area (Å²) in [6.45, 7) is 3.57. The first-order valence-electron chi connectivity index (χ1n) is 6.05. The van der Waals surface area contributed by atoms with Gasteiger partial charge in [0.2, 0.25) is 0 Å². The first kappa shape index (κ1) is 14.1. The number of hydrogen-bond donors (Lipinski definition) is 1. The monoisotopic (exact) mass is 283 g/mol. The standard InChI is InChI=1S/C14H15F2NOS/c1-2-17-8-11-4-5-12(18-11)9-19-14-7-10(15)3-6-13(14)16/h3-7,17H,2,8-9H2,1H3. The highest BCUT2D eigenvalue weighted by atomic mass is 32.2. The SMILES string of the molecule is CCNCc1ccc(CSc2cc(F)ccc2F)o1. The minimum absolute atomic E-state index is 0.296. The molecule has 102 valence electrons. The summed E-state index contributed by atoms with van der Waals surface area (Å²) < 4.78 is 32.0. The molecule has 0 saturated heterocycles. The first-order chi connectivity index (χ1) is 9.19. The lowest BCUT2D eigenvalue weighted by atomic mass is 10.3. The topological polar surface area (TPSA) is 25.2 Å². The molecule has 0 radical (unpaired) electrons. The third-order valence-corrected chi connectivity index (χ3v) is 3.58. The van der Waals surface area contributed by atoms with Gasteiger partial charge in [-0.1, -0.05) is 6.92 Å². The Balaban J connectivity index is 1.94. The van der Waals surface area contributed by atoms with Crippen molar-refractivity contribution in [1.29, 1.82) is 0 Å². The quantitative estimate of drug-likeness (QED) is 0.812. The number of furan rings is 1. The van der Waals surface area contributed by atoms with Gasteiger partial charge in [0.1, 0.15) is 23.2 Å². The average Bonchev–Trinajstić information content (AvgIpc) is 2.85. The fraction of sp³-hybridized carbons (Fsp3) is 0.286. The van der Waals surface area contributed by atoms with Gasteiger partial charge in [-0.3, -0.25) is 0 Å². The largest absolute Gasteiger partial charge is 0.464 e. The van der Waals surface area contributed by atoms with Gasteiger partial charge in [0.15, 0.2) is 0 Å². The zero-order valence-electron chi connectivity index (χ0n) is 10.6. The highest BCUT2D eigenvalue weighted by Crippen LogP contribution is 2.26. The van der Waals surface area contributed by atoms with Crippen molar-refractivity contribution in [2.24, 2.45) is 0 Å². The van der Waals surface area contributed by atoms with Crippen LogP contribution in [0.3, 0.4) is 0 Å². The van der Waals surface area contributed by atoms with Crippen molar-refractivity contribution < 1.29 is 13.2 Å². The van der Waals surface area contributed by atoms with E-state index in [4.69, 9.17) is 4.42 Å². The fourth-order valence-corrected chi connectivity index (χ4v) is 2.43. The summed E-state index contributed by atoms with van der Waals surface area (Å²) in [5, 5.41) is 3.16. The van der Waals surface area contributed by atoms with E-state index < -0.39 is 11.6 Å². The average molecular weight is 283 g/mol. The molecule has 0 spiro atoms. The van der Waals surface area contributed by atoms with Crippen molar-refractivity contribution in [3.63, 3.8) is 0 Å². The summed E-state index contributed by atoms with van der Waals surface area (Å²) in [6.07, 6.45) is 0. The van der Waals surface area contributed by atoms with Gasteiger partial charge in [-0.15, -0.1) is 11.8 Å². The molecule has 2 aromatic rings.